The van der Waals surface area contributed by atoms with Crippen molar-refractivity contribution in [1.29, 1.82) is 0 Å². The van der Waals surface area contributed by atoms with Crippen LogP contribution < -0.4 is 19.5 Å². The summed E-state index contributed by atoms with van der Waals surface area (Å²) in [6, 6.07) is 1.57. The molecular formula is C11H14ClNO4. The zero-order valence-corrected chi connectivity index (χ0v) is 10.8. The van der Waals surface area contributed by atoms with Crippen LogP contribution in [0, 0.1) is 0 Å². The second-order valence-electron chi connectivity index (χ2n) is 3.19. The van der Waals surface area contributed by atoms with E-state index in [1.807, 2.05) is 0 Å². The Morgan fingerprint density at radius 3 is 2.18 bits per heavy atom. The molecule has 0 atom stereocenters. The lowest BCUT2D eigenvalue weighted by molar-refractivity contribution is -0.114. The number of benzene rings is 1. The zero-order chi connectivity index (χ0) is 13.0. The number of carbonyl (C=O) groups excluding carboxylic acids is 1. The summed E-state index contributed by atoms with van der Waals surface area (Å²) in [7, 11) is 4.43. The first kappa shape index (κ1) is 13.4. The standard InChI is InChI=1S/C11H14ClNO4/c1-6(14)13-7-5-8(15-2)10(16-3)11(17-4)9(7)12/h5H,1-4H3,(H,13,14). The van der Waals surface area contributed by atoms with Crippen LogP contribution in [-0.4, -0.2) is 27.2 Å². The molecule has 6 heteroatoms. The monoisotopic (exact) mass is 259 g/mol. The van der Waals surface area contributed by atoms with Gasteiger partial charge in [-0.1, -0.05) is 11.6 Å². The largest absolute Gasteiger partial charge is 0.493 e. The van der Waals surface area contributed by atoms with Crippen LogP contribution >= 0.6 is 11.6 Å². The van der Waals surface area contributed by atoms with E-state index in [1.54, 1.807) is 6.07 Å². The SMILES string of the molecule is COc1cc(NC(C)=O)c(Cl)c(OC)c1OC. The maximum Gasteiger partial charge on any atom is 0.221 e. The summed E-state index contributed by atoms with van der Waals surface area (Å²) in [5.41, 5.74) is 0.411. The third kappa shape index (κ3) is 2.74. The minimum atomic E-state index is -0.235. The van der Waals surface area contributed by atoms with Gasteiger partial charge in [-0.3, -0.25) is 4.79 Å². The highest BCUT2D eigenvalue weighted by atomic mass is 35.5. The van der Waals surface area contributed by atoms with Crippen molar-refractivity contribution in [3.05, 3.63) is 11.1 Å². The van der Waals surface area contributed by atoms with Gasteiger partial charge in [0.25, 0.3) is 0 Å². The first-order valence-electron chi connectivity index (χ1n) is 4.81. The van der Waals surface area contributed by atoms with Gasteiger partial charge in [-0.2, -0.15) is 0 Å². The van der Waals surface area contributed by atoms with Crippen molar-refractivity contribution in [3.8, 4) is 17.2 Å². The van der Waals surface area contributed by atoms with E-state index in [0.717, 1.165) is 0 Å². The fraction of sp³-hybridized carbons (Fsp3) is 0.364. The van der Waals surface area contributed by atoms with Crippen LogP contribution in [0.3, 0.4) is 0 Å². The summed E-state index contributed by atoms with van der Waals surface area (Å²) in [6.45, 7) is 1.39. The van der Waals surface area contributed by atoms with Gasteiger partial charge in [0.1, 0.15) is 5.02 Å². The normalized spacial score (nSPS) is 9.71. The molecule has 1 N–H and O–H groups in total. The average Bonchev–Trinajstić information content (AvgIpc) is 2.30. The van der Waals surface area contributed by atoms with Gasteiger partial charge >= 0.3 is 0 Å². The predicted molar refractivity (Wildman–Crippen MR) is 65.4 cm³/mol. The number of ether oxygens (including phenoxy) is 3. The van der Waals surface area contributed by atoms with Crippen molar-refractivity contribution < 1.29 is 19.0 Å². The molecule has 0 aliphatic heterocycles. The van der Waals surface area contributed by atoms with Crippen LogP contribution in [-0.2, 0) is 4.79 Å². The number of halogens is 1. The van der Waals surface area contributed by atoms with Crippen LogP contribution in [0.25, 0.3) is 0 Å². The van der Waals surface area contributed by atoms with Gasteiger partial charge in [0, 0.05) is 13.0 Å². The van der Waals surface area contributed by atoms with E-state index in [-0.39, 0.29) is 10.9 Å². The molecule has 0 unspecified atom stereocenters. The Hall–Kier alpha value is -1.62. The fourth-order valence-electron chi connectivity index (χ4n) is 1.40. The lowest BCUT2D eigenvalue weighted by Crippen LogP contribution is -2.07. The van der Waals surface area contributed by atoms with Crippen molar-refractivity contribution in [2.75, 3.05) is 26.6 Å². The highest BCUT2D eigenvalue weighted by Crippen LogP contribution is 2.46. The molecule has 0 aromatic heterocycles. The molecule has 0 heterocycles. The second-order valence-corrected chi connectivity index (χ2v) is 3.57. The third-order valence-electron chi connectivity index (χ3n) is 2.08. The maximum atomic E-state index is 11.0. The minimum absolute atomic E-state index is 0.235. The number of rotatable bonds is 4. The van der Waals surface area contributed by atoms with Crippen LogP contribution in [0.4, 0.5) is 5.69 Å². The van der Waals surface area contributed by atoms with Gasteiger partial charge in [-0.05, 0) is 0 Å². The zero-order valence-electron chi connectivity index (χ0n) is 10.1. The van der Waals surface area contributed by atoms with Crippen LogP contribution in [0.2, 0.25) is 5.02 Å². The molecule has 0 fully saturated rings. The number of hydrogen-bond donors (Lipinski definition) is 1. The molecule has 1 aromatic carbocycles. The number of hydrogen-bond acceptors (Lipinski definition) is 4. The molecule has 0 aliphatic carbocycles. The van der Waals surface area contributed by atoms with E-state index in [4.69, 9.17) is 25.8 Å². The number of methoxy groups -OCH3 is 3. The second kappa shape index (κ2) is 5.63. The van der Waals surface area contributed by atoms with Crippen molar-refractivity contribution in [2.24, 2.45) is 0 Å². The molecular weight excluding hydrogens is 246 g/mol. The Bertz CT molecular complexity index is 434. The fourth-order valence-corrected chi connectivity index (χ4v) is 1.67. The Morgan fingerprint density at radius 1 is 1.18 bits per heavy atom. The van der Waals surface area contributed by atoms with E-state index in [2.05, 4.69) is 5.32 Å². The van der Waals surface area contributed by atoms with Crippen molar-refractivity contribution in [2.45, 2.75) is 6.92 Å². The quantitative estimate of drug-likeness (QED) is 0.902. The van der Waals surface area contributed by atoms with E-state index in [0.29, 0.717) is 22.9 Å². The first-order valence-corrected chi connectivity index (χ1v) is 5.19. The number of anilines is 1. The van der Waals surface area contributed by atoms with Gasteiger partial charge in [0.05, 0.1) is 27.0 Å². The molecule has 17 heavy (non-hydrogen) atoms. The van der Waals surface area contributed by atoms with Gasteiger partial charge in [-0.15, -0.1) is 0 Å². The number of carbonyl (C=O) groups is 1. The van der Waals surface area contributed by atoms with E-state index in [1.165, 1.54) is 28.3 Å². The van der Waals surface area contributed by atoms with E-state index in [9.17, 15) is 4.79 Å². The summed E-state index contributed by atoms with van der Waals surface area (Å²) >= 11 is 6.09. The molecule has 5 nitrogen and oxygen atoms in total. The summed E-state index contributed by atoms with van der Waals surface area (Å²) in [4.78, 5) is 11.0. The summed E-state index contributed by atoms with van der Waals surface area (Å²) in [5, 5.41) is 2.85. The molecule has 0 saturated heterocycles. The Balaban J connectivity index is 3.39. The molecule has 1 aromatic rings. The molecule has 1 rings (SSSR count). The lowest BCUT2D eigenvalue weighted by Gasteiger charge is -2.16. The maximum absolute atomic E-state index is 11.0. The number of nitrogens with one attached hydrogen (secondary N) is 1. The van der Waals surface area contributed by atoms with Crippen molar-refractivity contribution in [3.63, 3.8) is 0 Å². The Labute approximate surface area is 105 Å². The topological polar surface area (TPSA) is 56.8 Å². The molecule has 0 aliphatic rings. The summed E-state index contributed by atoms with van der Waals surface area (Å²) in [6.07, 6.45) is 0. The average molecular weight is 260 g/mol. The van der Waals surface area contributed by atoms with E-state index >= 15 is 0 Å². The summed E-state index contributed by atoms with van der Waals surface area (Å²) in [5.74, 6) is 0.894. The summed E-state index contributed by atoms with van der Waals surface area (Å²) < 4.78 is 15.4. The minimum Gasteiger partial charge on any atom is -0.493 e. The molecule has 0 spiro atoms. The van der Waals surface area contributed by atoms with Crippen LogP contribution in [0.1, 0.15) is 6.92 Å². The van der Waals surface area contributed by atoms with Gasteiger partial charge in [-0.25, -0.2) is 0 Å². The van der Waals surface area contributed by atoms with Gasteiger partial charge in [0.15, 0.2) is 11.5 Å². The van der Waals surface area contributed by atoms with Crippen molar-refractivity contribution >= 4 is 23.2 Å². The third-order valence-corrected chi connectivity index (χ3v) is 2.46. The Kier molecular flexibility index (Phi) is 4.45. The molecule has 0 saturated carbocycles. The lowest BCUT2D eigenvalue weighted by atomic mass is 10.2. The first-order chi connectivity index (χ1) is 8.04. The molecule has 94 valence electrons. The molecule has 0 bridgehead atoms. The van der Waals surface area contributed by atoms with E-state index < -0.39 is 0 Å². The highest BCUT2D eigenvalue weighted by Gasteiger charge is 2.19. The van der Waals surface area contributed by atoms with Gasteiger partial charge < -0.3 is 19.5 Å². The van der Waals surface area contributed by atoms with Crippen LogP contribution in [0.5, 0.6) is 17.2 Å². The number of amides is 1. The predicted octanol–water partition coefficient (Wildman–Crippen LogP) is 2.32. The van der Waals surface area contributed by atoms with Crippen LogP contribution in [0.15, 0.2) is 6.07 Å². The van der Waals surface area contributed by atoms with Crippen molar-refractivity contribution in [1.82, 2.24) is 0 Å². The molecule has 1 amide bonds. The molecule has 0 radical (unpaired) electrons. The smallest absolute Gasteiger partial charge is 0.221 e. The Morgan fingerprint density at radius 2 is 1.76 bits per heavy atom. The highest BCUT2D eigenvalue weighted by molar-refractivity contribution is 6.35. The van der Waals surface area contributed by atoms with Gasteiger partial charge in [0.2, 0.25) is 11.7 Å².